The number of amides is 1. The Morgan fingerprint density at radius 2 is 2.18 bits per heavy atom. The summed E-state index contributed by atoms with van der Waals surface area (Å²) < 4.78 is 2.37. The molecular formula is C18H25N3O. The molecule has 0 radical (unpaired) electrons. The number of aryl methyl sites for hydroxylation is 2. The number of nitrogens with one attached hydrogen (secondary N) is 1. The number of nitrogens with zero attached hydrogens (tertiary/aromatic N) is 2. The molecule has 0 bridgehead atoms. The zero-order valence-electron chi connectivity index (χ0n) is 13.8. The van der Waals surface area contributed by atoms with Crippen molar-refractivity contribution in [1.29, 1.82) is 0 Å². The van der Waals surface area contributed by atoms with E-state index in [9.17, 15) is 4.79 Å². The topological polar surface area (TPSA) is 37.3 Å². The Labute approximate surface area is 132 Å². The molecule has 0 spiro atoms. The number of rotatable bonds is 4. The molecule has 0 saturated carbocycles. The van der Waals surface area contributed by atoms with Crippen LogP contribution in [0.4, 0.5) is 0 Å². The van der Waals surface area contributed by atoms with E-state index in [-0.39, 0.29) is 5.91 Å². The highest BCUT2D eigenvalue weighted by atomic mass is 16.1. The summed E-state index contributed by atoms with van der Waals surface area (Å²) in [6.45, 7) is 7.67. The molecule has 0 saturated heterocycles. The first kappa shape index (κ1) is 15.1. The summed E-state index contributed by atoms with van der Waals surface area (Å²) in [4.78, 5) is 14.2. The van der Waals surface area contributed by atoms with Gasteiger partial charge in [-0.1, -0.05) is 11.6 Å². The molecule has 1 aromatic heterocycles. The van der Waals surface area contributed by atoms with Gasteiger partial charge in [-0.3, -0.25) is 4.79 Å². The van der Waals surface area contributed by atoms with E-state index in [0.717, 1.165) is 26.1 Å². The van der Waals surface area contributed by atoms with E-state index in [4.69, 9.17) is 0 Å². The van der Waals surface area contributed by atoms with Gasteiger partial charge in [0.05, 0.1) is 0 Å². The van der Waals surface area contributed by atoms with Crippen molar-refractivity contribution in [2.75, 3.05) is 20.1 Å². The molecule has 0 aliphatic carbocycles. The van der Waals surface area contributed by atoms with Gasteiger partial charge < -0.3 is 14.8 Å². The van der Waals surface area contributed by atoms with Gasteiger partial charge in [0, 0.05) is 55.6 Å². The molecule has 0 fully saturated rings. The molecule has 1 amide bonds. The minimum absolute atomic E-state index is 0.137. The van der Waals surface area contributed by atoms with E-state index in [1.54, 1.807) is 0 Å². The molecule has 118 valence electrons. The van der Waals surface area contributed by atoms with Gasteiger partial charge >= 0.3 is 0 Å². The first-order chi connectivity index (χ1) is 10.6. The summed E-state index contributed by atoms with van der Waals surface area (Å²) in [6.07, 6.45) is 1.61. The van der Waals surface area contributed by atoms with E-state index in [1.165, 1.54) is 27.7 Å². The number of carbonyl (C=O) groups excluding carboxylic acids is 1. The van der Waals surface area contributed by atoms with Crippen LogP contribution < -0.4 is 5.32 Å². The van der Waals surface area contributed by atoms with Crippen LogP contribution >= 0.6 is 0 Å². The summed E-state index contributed by atoms with van der Waals surface area (Å²) in [5.74, 6) is 0.137. The highest BCUT2D eigenvalue weighted by Crippen LogP contribution is 2.31. The largest absolute Gasteiger partial charge is 0.356 e. The SMILES string of the molecule is CCNC(=O)CCn1c2c(c3cc(C)ccc31)CN(C)CC2. The van der Waals surface area contributed by atoms with Gasteiger partial charge in [0.1, 0.15) is 0 Å². The van der Waals surface area contributed by atoms with Crippen LogP contribution in [-0.2, 0) is 24.3 Å². The maximum atomic E-state index is 11.8. The first-order valence-electron chi connectivity index (χ1n) is 8.16. The molecule has 0 atom stereocenters. The van der Waals surface area contributed by atoms with E-state index >= 15 is 0 Å². The average Bonchev–Trinajstić information content (AvgIpc) is 2.78. The van der Waals surface area contributed by atoms with Crippen LogP contribution in [0.3, 0.4) is 0 Å². The van der Waals surface area contributed by atoms with Crippen LogP contribution in [0.2, 0.25) is 0 Å². The lowest BCUT2D eigenvalue weighted by atomic mass is 10.0. The Balaban J connectivity index is 2.00. The molecule has 2 heterocycles. The minimum atomic E-state index is 0.137. The zero-order valence-corrected chi connectivity index (χ0v) is 13.8. The van der Waals surface area contributed by atoms with Crippen molar-refractivity contribution in [2.45, 2.75) is 39.8 Å². The number of carbonyl (C=O) groups is 1. The standard InChI is InChI=1S/C18H25N3O/c1-4-19-18(22)8-10-21-16-6-5-13(2)11-14(16)15-12-20(3)9-7-17(15)21/h5-6,11H,4,7-10,12H2,1-3H3,(H,19,22). The van der Waals surface area contributed by atoms with Crippen LogP contribution in [0.1, 0.15) is 30.2 Å². The normalized spacial score (nSPS) is 15.0. The summed E-state index contributed by atoms with van der Waals surface area (Å²) >= 11 is 0. The third kappa shape index (κ3) is 2.75. The molecular weight excluding hydrogens is 274 g/mol. The van der Waals surface area contributed by atoms with Gasteiger partial charge in [0.2, 0.25) is 5.91 Å². The average molecular weight is 299 g/mol. The number of benzene rings is 1. The fraction of sp³-hybridized carbons (Fsp3) is 0.500. The van der Waals surface area contributed by atoms with Gasteiger partial charge in [-0.2, -0.15) is 0 Å². The third-order valence-corrected chi connectivity index (χ3v) is 4.54. The van der Waals surface area contributed by atoms with Crippen molar-refractivity contribution in [1.82, 2.24) is 14.8 Å². The second-order valence-electron chi connectivity index (χ2n) is 6.29. The second kappa shape index (κ2) is 6.13. The lowest BCUT2D eigenvalue weighted by Crippen LogP contribution is -2.28. The molecule has 1 aromatic carbocycles. The molecule has 4 heteroatoms. The number of aromatic nitrogens is 1. The highest BCUT2D eigenvalue weighted by Gasteiger charge is 2.22. The molecule has 1 aliphatic heterocycles. The lowest BCUT2D eigenvalue weighted by Gasteiger charge is -2.24. The van der Waals surface area contributed by atoms with Gasteiger partial charge in [0.25, 0.3) is 0 Å². The second-order valence-corrected chi connectivity index (χ2v) is 6.29. The molecule has 22 heavy (non-hydrogen) atoms. The molecule has 1 aliphatic rings. The van der Waals surface area contributed by atoms with E-state index in [2.05, 4.69) is 47.0 Å². The fourth-order valence-electron chi connectivity index (χ4n) is 3.45. The lowest BCUT2D eigenvalue weighted by molar-refractivity contribution is -0.121. The molecule has 3 rings (SSSR count). The van der Waals surface area contributed by atoms with Crippen LogP contribution in [0.5, 0.6) is 0 Å². The highest BCUT2D eigenvalue weighted by molar-refractivity contribution is 5.87. The number of hydrogen-bond acceptors (Lipinski definition) is 2. The Hall–Kier alpha value is -1.81. The van der Waals surface area contributed by atoms with Gasteiger partial charge in [-0.05, 0) is 38.6 Å². The Morgan fingerprint density at radius 3 is 2.95 bits per heavy atom. The predicted molar refractivity (Wildman–Crippen MR) is 90.0 cm³/mol. The van der Waals surface area contributed by atoms with Crippen LogP contribution in [-0.4, -0.2) is 35.5 Å². The minimum Gasteiger partial charge on any atom is -0.356 e. The monoisotopic (exact) mass is 299 g/mol. The van der Waals surface area contributed by atoms with Crippen molar-refractivity contribution < 1.29 is 4.79 Å². The summed E-state index contributed by atoms with van der Waals surface area (Å²) in [7, 11) is 2.18. The fourth-order valence-corrected chi connectivity index (χ4v) is 3.45. The molecule has 0 unspecified atom stereocenters. The van der Waals surface area contributed by atoms with Crippen molar-refractivity contribution in [2.24, 2.45) is 0 Å². The smallest absolute Gasteiger partial charge is 0.221 e. The Bertz CT molecular complexity index is 702. The van der Waals surface area contributed by atoms with Crippen LogP contribution in [0.15, 0.2) is 18.2 Å². The van der Waals surface area contributed by atoms with Gasteiger partial charge in [-0.25, -0.2) is 0 Å². The van der Waals surface area contributed by atoms with E-state index in [0.29, 0.717) is 13.0 Å². The first-order valence-corrected chi connectivity index (χ1v) is 8.16. The number of hydrogen-bond donors (Lipinski definition) is 1. The van der Waals surface area contributed by atoms with Crippen molar-refractivity contribution in [3.05, 3.63) is 35.0 Å². The Kier molecular flexibility index (Phi) is 4.21. The van der Waals surface area contributed by atoms with Crippen molar-refractivity contribution in [3.8, 4) is 0 Å². The zero-order chi connectivity index (χ0) is 15.7. The van der Waals surface area contributed by atoms with Gasteiger partial charge in [0.15, 0.2) is 0 Å². The van der Waals surface area contributed by atoms with Crippen molar-refractivity contribution >= 4 is 16.8 Å². The van der Waals surface area contributed by atoms with Crippen molar-refractivity contribution in [3.63, 3.8) is 0 Å². The van der Waals surface area contributed by atoms with E-state index in [1.807, 2.05) is 6.92 Å². The van der Waals surface area contributed by atoms with E-state index < -0.39 is 0 Å². The quantitative estimate of drug-likeness (QED) is 0.941. The molecule has 4 nitrogen and oxygen atoms in total. The Morgan fingerprint density at radius 1 is 1.36 bits per heavy atom. The van der Waals surface area contributed by atoms with Crippen LogP contribution in [0.25, 0.3) is 10.9 Å². The van der Waals surface area contributed by atoms with Crippen LogP contribution in [0, 0.1) is 6.92 Å². The molecule has 2 aromatic rings. The summed E-state index contributed by atoms with van der Waals surface area (Å²) in [5, 5.41) is 4.25. The van der Waals surface area contributed by atoms with Gasteiger partial charge in [-0.15, -0.1) is 0 Å². The molecule has 1 N–H and O–H groups in total. The summed E-state index contributed by atoms with van der Waals surface area (Å²) in [6, 6.07) is 6.66. The maximum absolute atomic E-state index is 11.8. The number of likely N-dealkylation sites (N-methyl/N-ethyl adjacent to an activating group) is 1. The maximum Gasteiger partial charge on any atom is 0.221 e. The number of fused-ring (bicyclic) bond motifs is 3. The third-order valence-electron chi connectivity index (χ3n) is 4.54. The summed E-state index contributed by atoms with van der Waals surface area (Å²) in [5.41, 5.74) is 5.44. The predicted octanol–water partition coefficient (Wildman–Crippen LogP) is 2.46.